The van der Waals surface area contributed by atoms with Crippen molar-refractivity contribution >= 4 is 21.6 Å². The van der Waals surface area contributed by atoms with Crippen LogP contribution in [0.5, 0.6) is 0 Å². The lowest BCUT2D eigenvalue weighted by Crippen LogP contribution is -1.94. The molecule has 1 unspecified atom stereocenters. The second-order valence-electron chi connectivity index (χ2n) is 4.55. The van der Waals surface area contributed by atoms with Gasteiger partial charge in [-0.15, -0.1) is 0 Å². The zero-order valence-electron chi connectivity index (χ0n) is 10.0. The molecule has 1 nitrogen and oxygen atoms in total. The highest BCUT2D eigenvalue weighted by atomic mass is 79.9. The molecule has 90 valence electrons. The van der Waals surface area contributed by atoms with E-state index in [1.807, 2.05) is 0 Å². The van der Waals surface area contributed by atoms with Crippen LogP contribution in [-0.2, 0) is 0 Å². The zero-order chi connectivity index (χ0) is 12.4. The summed E-state index contributed by atoms with van der Waals surface area (Å²) in [5, 5.41) is 0. The fraction of sp³-hybridized carbons (Fsp3) is 0.188. The number of benzene rings is 2. The first-order valence-corrected chi connectivity index (χ1v) is 7.00. The molecule has 0 amide bonds. The first-order chi connectivity index (χ1) is 8.83. The van der Waals surface area contributed by atoms with E-state index in [9.17, 15) is 0 Å². The van der Waals surface area contributed by atoms with Gasteiger partial charge in [0.15, 0.2) is 0 Å². The Morgan fingerprint density at radius 3 is 2.39 bits per heavy atom. The van der Waals surface area contributed by atoms with Crippen molar-refractivity contribution in [2.24, 2.45) is 4.99 Å². The molecular formula is C16H14BrN. The Morgan fingerprint density at radius 1 is 0.944 bits per heavy atom. The summed E-state index contributed by atoms with van der Waals surface area (Å²) in [6, 6.07) is 19.3. The summed E-state index contributed by atoms with van der Waals surface area (Å²) in [5.41, 5.74) is 3.80. The Morgan fingerprint density at radius 2 is 1.67 bits per heavy atom. The highest BCUT2D eigenvalue weighted by molar-refractivity contribution is 9.10. The quantitative estimate of drug-likeness (QED) is 0.757. The number of rotatable bonds is 2. The van der Waals surface area contributed by atoms with Crippen LogP contribution in [0.25, 0.3) is 0 Å². The number of hydrogen-bond acceptors (Lipinski definition) is 1. The average Bonchev–Trinajstić information content (AvgIpc) is 2.90. The summed E-state index contributed by atoms with van der Waals surface area (Å²) in [7, 11) is 0. The van der Waals surface area contributed by atoms with Crippen LogP contribution in [-0.4, -0.2) is 5.71 Å². The number of nitrogens with zero attached hydrogens (tertiary/aromatic N) is 1. The minimum absolute atomic E-state index is 0.338. The molecule has 0 radical (unpaired) electrons. The van der Waals surface area contributed by atoms with Gasteiger partial charge in [-0.05, 0) is 36.1 Å². The Kier molecular flexibility index (Phi) is 3.28. The van der Waals surface area contributed by atoms with E-state index in [0.717, 1.165) is 17.3 Å². The SMILES string of the molecule is Brc1ccc(C2=NC(c3ccccc3)CC2)cc1. The van der Waals surface area contributed by atoms with Gasteiger partial charge in [0, 0.05) is 10.2 Å². The lowest BCUT2D eigenvalue weighted by molar-refractivity contribution is 0.723. The summed E-state index contributed by atoms with van der Waals surface area (Å²) in [6.45, 7) is 0. The summed E-state index contributed by atoms with van der Waals surface area (Å²) < 4.78 is 1.12. The molecule has 18 heavy (non-hydrogen) atoms. The number of halogens is 1. The van der Waals surface area contributed by atoms with Crippen molar-refractivity contribution in [1.29, 1.82) is 0 Å². The standard InChI is InChI=1S/C16H14BrN/c17-14-8-6-13(7-9-14)16-11-10-15(18-16)12-4-2-1-3-5-12/h1-9,15H,10-11H2. The third-order valence-electron chi connectivity index (χ3n) is 3.33. The van der Waals surface area contributed by atoms with Crippen LogP contribution in [0.4, 0.5) is 0 Å². The minimum atomic E-state index is 0.338. The van der Waals surface area contributed by atoms with Crippen LogP contribution in [0.15, 0.2) is 64.1 Å². The van der Waals surface area contributed by atoms with Crippen LogP contribution in [0.3, 0.4) is 0 Å². The van der Waals surface area contributed by atoms with Crippen molar-refractivity contribution in [2.45, 2.75) is 18.9 Å². The van der Waals surface area contributed by atoms with Gasteiger partial charge in [0.25, 0.3) is 0 Å². The molecule has 0 saturated carbocycles. The molecule has 0 aromatic heterocycles. The molecule has 1 heterocycles. The maximum atomic E-state index is 4.86. The molecule has 0 aliphatic carbocycles. The Hall–Kier alpha value is -1.41. The van der Waals surface area contributed by atoms with Gasteiger partial charge >= 0.3 is 0 Å². The van der Waals surface area contributed by atoms with Crippen molar-refractivity contribution in [3.8, 4) is 0 Å². The first kappa shape index (κ1) is 11.7. The van der Waals surface area contributed by atoms with Gasteiger partial charge < -0.3 is 0 Å². The zero-order valence-corrected chi connectivity index (χ0v) is 11.6. The third-order valence-corrected chi connectivity index (χ3v) is 3.86. The molecule has 0 spiro atoms. The number of hydrogen-bond donors (Lipinski definition) is 0. The van der Waals surface area contributed by atoms with Crippen molar-refractivity contribution in [3.63, 3.8) is 0 Å². The highest BCUT2D eigenvalue weighted by Crippen LogP contribution is 2.30. The van der Waals surface area contributed by atoms with Crippen LogP contribution in [0, 0.1) is 0 Å². The average molecular weight is 300 g/mol. The molecule has 0 bridgehead atoms. The van der Waals surface area contributed by atoms with Gasteiger partial charge in [0.05, 0.1) is 6.04 Å². The van der Waals surface area contributed by atoms with Crippen molar-refractivity contribution in [2.75, 3.05) is 0 Å². The van der Waals surface area contributed by atoms with Gasteiger partial charge in [-0.1, -0.05) is 58.4 Å². The molecule has 1 aliphatic heterocycles. The normalized spacial score (nSPS) is 18.7. The Bertz CT molecular complexity index is 557. The molecule has 2 aromatic carbocycles. The Balaban J connectivity index is 1.86. The predicted molar refractivity (Wildman–Crippen MR) is 79.1 cm³/mol. The fourth-order valence-electron chi connectivity index (χ4n) is 2.37. The summed E-state index contributed by atoms with van der Waals surface area (Å²) in [6.07, 6.45) is 2.19. The van der Waals surface area contributed by atoms with E-state index in [1.165, 1.54) is 16.8 Å². The summed E-state index contributed by atoms with van der Waals surface area (Å²) >= 11 is 3.46. The summed E-state index contributed by atoms with van der Waals surface area (Å²) in [4.78, 5) is 4.86. The summed E-state index contributed by atoms with van der Waals surface area (Å²) in [5.74, 6) is 0. The monoisotopic (exact) mass is 299 g/mol. The van der Waals surface area contributed by atoms with E-state index < -0.39 is 0 Å². The molecule has 0 fully saturated rings. The Labute approximate surface area is 116 Å². The molecule has 2 aromatic rings. The van der Waals surface area contributed by atoms with E-state index in [0.29, 0.717) is 6.04 Å². The van der Waals surface area contributed by atoms with Crippen LogP contribution < -0.4 is 0 Å². The lowest BCUT2D eigenvalue weighted by atomic mass is 10.0. The smallest absolute Gasteiger partial charge is 0.0756 e. The van der Waals surface area contributed by atoms with Crippen molar-refractivity contribution < 1.29 is 0 Å². The van der Waals surface area contributed by atoms with E-state index in [2.05, 4.69) is 70.5 Å². The van der Waals surface area contributed by atoms with Crippen molar-refractivity contribution in [3.05, 3.63) is 70.2 Å². The van der Waals surface area contributed by atoms with E-state index in [-0.39, 0.29) is 0 Å². The van der Waals surface area contributed by atoms with Crippen LogP contribution in [0.1, 0.15) is 30.0 Å². The van der Waals surface area contributed by atoms with Gasteiger partial charge in [-0.3, -0.25) is 4.99 Å². The maximum Gasteiger partial charge on any atom is 0.0756 e. The maximum absolute atomic E-state index is 4.86. The van der Waals surface area contributed by atoms with Gasteiger partial charge in [-0.2, -0.15) is 0 Å². The third kappa shape index (κ3) is 2.39. The molecule has 1 aliphatic rings. The lowest BCUT2D eigenvalue weighted by Gasteiger charge is -2.05. The molecule has 2 heteroatoms. The minimum Gasteiger partial charge on any atom is -0.281 e. The first-order valence-electron chi connectivity index (χ1n) is 6.20. The molecule has 1 atom stereocenters. The van der Waals surface area contributed by atoms with Gasteiger partial charge in [0.1, 0.15) is 0 Å². The number of aliphatic imine (C=N–C) groups is 1. The molecule has 0 saturated heterocycles. The topological polar surface area (TPSA) is 12.4 Å². The second kappa shape index (κ2) is 5.07. The molecular weight excluding hydrogens is 286 g/mol. The molecule has 3 rings (SSSR count). The second-order valence-corrected chi connectivity index (χ2v) is 5.46. The van der Waals surface area contributed by atoms with Crippen LogP contribution >= 0.6 is 15.9 Å². The fourth-order valence-corrected chi connectivity index (χ4v) is 2.63. The van der Waals surface area contributed by atoms with E-state index >= 15 is 0 Å². The van der Waals surface area contributed by atoms with Crippen molar-refractivity contribution in [1.82, 2.24) is 0 Å². The molecule has 0 N–H and O–H groups in total. The highest BCUT2D eigenvalue weighted by Gasteiger charge is 2.19. The largest absolute Gasteiger partial charge is 0.281 e. The van der Waals surface area contributed by atoms with Crippen LogP contribution in [0.2, 0.25) is 0 Å². The van der Waals surface area contributed by atoms with Gasteiger partial charge in [-0.25, -0.2) is 0 Å². The predicted octanol–water partition coefficient (Wildman–Crippen LogP) is 4.77. The van der Waals surface area contributed by atoms with Gasteiger partial charge in [0.2, 0.25) is 0 Å². The van der Waals surface area contributed by atoms with E-state index in [1.54, 1.807) is 0 Å². The van der Waals surface area contributed by atoms with E-state index in [4.69, 9.17) is 4.99 Å².